The van der Waals surface area contributed by atoms with Gasteiger partial charge in [0.15, 0.2) is 0 Å². The van der Waals surface area contributed by atoms with Crippen molar-refractivity contribution in [2.24, 2.45) is 0 Å². The molecule has 0 bridgehead atoms. The summed E-state index contributed by atoms with van der Waals surface area (Å²) in [6.07, 6.45) is 0. The van der Waals surface area contributed by atoms with Gasteiger partial charge < -0.3 is 4.42 Å². The van der Waals surface area contributed by atoms with Crippen LogP contribution >= 0.6 is 38.5 Å². The van der Waals surface area contributed by atoms with Gasteiger partial charge in [0, 0.05) is 15.2 Å². The molecule has 0 radical (unpaired) electrons. The zero-order chi connectivity index (χ0) is 10.4. The van der Waals surface area contributed by atoms with E-state index in [2.05, 4.69) is 43.5 Å². The lowest BCUT2D eigenvalue weighted by atomic mass is 10.2. The molecule has 15 heavy (non-hydrogen) atoms. The maximum atomic E-state index is 5.67. The predicted molar refractivity (Wildman–Crippen MR) is 71.9 cm³/mol. The summed E-state index contributed by atoms with van der Waals surface area (Å²) >= 11 is 5.60. The molecule has 74 valence electrons. The van der Waals surface area contributed by atoms with Crippen molar-refractivity contribution in [3.63, 3.8) is 0 Å². The van der Waals surface area contributed by atoms with Crippen LogP contribution < -0.4 is 0 Å². The Bertz CT molecular complexity index is 606. The molecule has 4 heteroatoms. The molecule has 0 aliphatic carbocycles. The van der Waals surface area contributed by atoms with Crippen molar-refractivity contribution in [1.29, 1.82) is 0 Å². The van der Waals surface area contributed by atoms with Gasteiger partial charge in [-0.3, -0.25) is 0 Å². The number of rotatable bonds is 0. The molecule has 0 amide bonds. The number of pyridine rings is 1. The maximum Gasteiger partial charge on any atom is 0.228 e. The van der Waals surface area contributed by atoms with Crippen molar-refractivity contribution in [2.75, 3.05) is 0 Å². The van der Waals surface area contributed by atoms with Gasteiger partial charge in [-0.1, -0.05) is 15.9 Å². The first-order chi connectivity index (χ1) is 7.24. The molecule has 3 aromatic rings. The molecule has 0 unspecified atom stereocenters. The zero-order valence-electron chi connectivity index (χ0n) is 7.50. The van der Waals surface area contributed by atoms with E-state index in [0.29, 0.717) is 5.71 Å². The minimum Gasteiger partial charge on any atom is -0.438 e. The third-order valence-corrected chi connectivity index (χ3v) is 3.36. The summed E-state index contributed by atoms with van der Waals surface area (Å²) in [6.45, 7) is 0. The van der Waals surface area contributed by atoms with Crippen LogP contribution in [0.3, 0.4) is 0 Å². The Morgan fingerprint density at radius 1 is 1.13 bits per heavy atom. The van der Waals surface area contributed by atoms with E-state index in [4.69, 9.17) is 4.42 Å². The van der Waals surface area contributed by atoms with Crippen LogP contribution in [0.25, 0.3) is 22.1 Å². The SMILES string of the molecule is Brc1ccc2c(c1)oc1nc(I)ccc12. The largest absolute Gasteiger partial charge is 0.438 e. The van der Waals surface area contributed by atoms with Crippen molar-refractivity contribution in [2.45, 2.75) is 0 Å². The topological polar surface area (TPSA) is 26.0 Å². The lowest BCUT2D eigenvalue weighted by molar-refractivity contribution is 0.652. The quantitative estimate of drug-likeness (QED) is 0.432. The molecule has 0 spiro atoms. The van der Waals surface area contributed by atoms with Gasteiger partial charge in [0.25, 0.3) is 0 Å². The average Bonchev–Trinajstić information content (AvgIpc) is 2.53. The van der Waals surface area contributed by atoms with E-state index in [9.17, 15) is 0 Å². The third-order valence-electron chi connectivity index (χ3n) is 2.27. The highest BCUT2D eigenvalue weighted by Gasteiger charge is 2.07. The number of benzene rings is 1. The van der Waals surface area contributed by atoms with Crippen LogP contribution in [0, 0.1) is 3.70 Å². The Kier molecular flexibility index (Phi) is 2.21. The molecule has 1 aromatic carbocycles. The number of halogens is 2. The minimum atomic E-state index is 0.704. The van der Waals surface area contributed by atoms with Crippen LogP contribution in [-0.2, 0) is 0 Å². The summed E-state index contributed by atoms with van der Waals surface area (Å²) in [7, 11) is 0. The van der Waals surface area contributed by atoms with Crippen LogP contribution in [0.1, 0.15) is 0 Å². The molecule has 0 atom stereocenters. The number of aromatic nitrogens is 1. The van der Waals surface area contributed by atoms with Crippen molar-refractivity contribution in [3.05, 3.63) is 38.5 Å². The number of fused-ring (bicyclic) bond motifs is 3. The van der Waals surface area contributed by atoms with Crippen LogP contribution in [0.5, 0.6) is 0 Å². The summed E-state index contributed by atoms with van der Waals surface area (Å²) in [4.78, 5) is 4.35. The predicted octanol–water partition coefficient (Wildman–Crippen LogP) is 4.35. The second kappa shape index (κ2) is 3.45. The second-order valence-electron chi connectivity index (χ2n) is 3.23. The van der Waals surface area contributed by atoms with Gasteiger partial charge in [-0.2, -0.15) is 0 Å². The first kappa shape index (κ1) is 9.59. The van der Waals surface area contributed by atoms with Crippen LogP contribution in [0.2, 0.25) is 0 Å². The summed E-state index contributed by atoms with van der Waals surface area (Å²) in [5, 5.41) is 2.18. The lowest BCUT2D eigenvalue weighted by Gasteiger charge is -1.89. The van der Waals surface area contributed by atoms with E-state index < -0.39 is 0 Å². The number of furan rings is 1. The highest BCUT2D eigenvalue weighted by molar-refractivity contribution is 14.1. The van der Waals surface area contributed by atoms with Crippen molar-refractivity contribution in [3.8, 4) is 0 Å². The molecule has 0 saturated carbocycles. The molecule has 2 nitrogen and oxygen atoms in total. The van der Waals surface area contributed by atoms with Gasteiger partial charge >= 0.3 is 0 Å². The molecule has 2 aromatic heterocycles. The monoisotopic (exact) mass is 373 g/mol. The summed E-state index contributed by atoms with van der Waals surface area (Å²) < 4.78 is 7.63. The Hall–Kier alpha value is -0.620. The standard InChI is InChI=1S/C11H5BrINO/c12-6-1-2-7-8-3-4-10(13)14-11(8)15-9(7)5-6/h1-5H. The van der Waals surface area contributed by atoms with Crippen LogP contribution in [0.4, 0.5) is 0 Å². The fourth-order valence-electron chi connectivity index (χ4n) is 1.61. The number of hydrogen-bond donors (Lipinski definition) is 0. The van der Waals surface area contributed by atoms with Crippen LogP contribution in [-0.4, -0.2) is 4.98 Å². The zero-order valence-corrected chi connectivity index (χ0v) is 11.2. The molecule has 0 aliphatic rings. The van der Waals surface area contributed by atoms with Crippen LogP contribution in [0.15, 0.2) is 39.2 Å². The Labute approximate surface area is 108 Å². The molecule has 2 heterocycles. The van der Waals surface area contributed by atoms with E-state index in [-0.39, 0.29) is 0 Å². The molecule has 0 N–H and O–H groups in total. The smallest absolute Gasteiger partial charge is 0.228 e. The van der Waals surface area contributed by atoms with Crippen molar-refractivity contribution >= 4 is 60.6 Å². The van der Waals surface area contributed by atoms with Gasteiger partial charge in [0.2, 0.25) is 5.71 Å². The first-order valence-electron chi connectivity index (χ1n) is 4.38. The fourth-order valence-corrected chi connectivity index (χ4v) is 2.35. The average molecular weight is 374 g/mol. The summed E-state index contributed by atoms with van der Waals surface area (Å²) in [5.74, 6) is 0. The van der Waals surface area contributed by atoms with E-state index >= 15 is 0 Å². The number of hydrogen-bond acceptors (Lipinski definition) is 2. The fraction of sp³-hybridized carbons (Fsp3) is 0. The molecular weight excluding hydrogens is 369 g/mol. The maximum absolute atomic E-state index is 5.67. The number of nitrogens with zero attached hydrogens (tertiary/aromatic N) is 1. The Morgan fingerprint density at radius 2 is 1.93 bits per heavy atom. The molecule has 3 rings (SSSR count). The highest BCUT2D eigenvalue weighted by Crippen LogP contribution is 2.29. The first-order valence-corrected chi connectivity index (χ1v) is 6.25. The van der Waals surface area contributed by atoms with Gasteiger partial charge in [0.05, 0.1) is 0 Å². The summed E-state index contributed by atoms with van der Waals surface area (Å²) in [5.41, 5.74) is 1.57. The normalized spacial score (nSPS) is 11.3. The lowest BCUT2D eigenvalue weighted by Crippen LogP contribution is -1.77. The van der Waals surface area contributed by atoms with E-state index in [1.807, 2.05) is 30.3 Å². The highest BCUT2D eigenvalue weighted by atomic mass is 127. The molecule has 0 aliphatic heterocycles. The van der Waals surface area contributed by atoms with Gasteiger partial charge in [-0.05, 0) is 52.9 Å². The third kappa shape index (κ3) is 1.56. The Morgan fingerprint density at radius 3 is 2.80 bits per heavy atom. The molecule has 0 fully saturated rings. The van der Waals surface area contributed by atoms with E-state index in [0.717, 1.165) is 24.5 Å². The second-order valence-corrected chi connectivity index (χ2v) is 5.25. The molecular formula is C11H5BrINO. The molecule has 0 saturated heterocycles. The van der Waals surface area contributed by atoms with Crippen molar-refractivity contribution < 1.29 is 4.42 Å². The Balaban J connectivity index is 2.51. The van der Waals surface area contributed by atoms with E-state index in [1.165, 1.54) is 0 Å². The minimum absolute atomic E-state index is 0.704. The summed E-state index contributed by atoms with van der Waals surface area (Å²) in [6, 6.07) is 10.0. The van der Waals surface area contributed by atoms with Gasteiger partial charge in [-0.15, -0.1) is 0 Å². The van der Waals surface area contributed by atoms with E-state index in [1.54, 1.807) is 0 Å². The van der Waals surface area contributed by atoms with Gasteiger partial charge in [0.1, 0.15) is 9.28 Å². The van der Waals surface area contributed by atoms with Crippen molar-refractivity contribution in [1.82, 2.24) is 4.98 Å². The van der Waals surface area contributed by atoms with Gasteiger partial charge in [-0.25, -0.2) is 4.98 Å².